The van der Waals surface area contributed by atoms with Crippen molar-refractivity contribution in [2.45, 2.75) is 53.4 Å². The number of hydrogen-bond donors (Lipinski definition) is 3. The molecule has 0 radical (unpaired) electrons. The van der Waals surface area contributed by atoms with Gasteiger partial charge in [0.05, 0.1) is 11.3 Å². The standard InChI is InChI=1S/C10H16O4.C4H8O2/c1-9(2)6(7(11)12)4-5-10(9,3)8(13)14;1-2-3-4(5)6/h6H,4-5H2,1-3H3,(H,11,12)(H,13,14);2-3H2,1H3,(H,5,6). The molecule has 2 atom stereocenters. The van der Waals surface area contributed by atoms with Crippen LogP contribution in [0.2, 0.25) is 0 Å². The molecule has 0 aromatic carbocycles. The lowest BCUT2D eigenvalue weighted by molar-refractivity contribution is -0.157. The molecule has 0 aromatic heterocycles. The van der Waals surface area contributed by atoms with Gasteiger partial charge in [-0.3, -0.25) is 14.4 Å². The Kier molecular flexibility index (Phi) is 6.19. The summed E-state index contributed by atoms with van der Waals surface area (Å²) in [6, 6.07) is 0. The number of carbonyl (C=O) groups is 3. The van der Waals surface area contributed by atoms with E-state index in [-0.39, 0.29) is 0 Å². The number of rotatable bonds is 4. The lowest BCUT2D eigenvalue weighted by atomic mass is 9.66. The number of hydrogen-bond acceptors (Lipinski definition) is 3. The molecule has 0 aliphatic heterocycles. The van der Waals surface area contributed by atoms with Gasteiger partial charge in [-0.1, -0.05) is 20.8 Å². The maximum Gasteiger partial charge on any atom is 0.309 e. The van der Waals surface area contributed by atoms with Crippen LogP contribution in [0.4, 0.5) is 0 Å². The van der Waals surface area contributed by atoms with Gasteiger partial charge >= 0.3 is 17.9 Å². The third kappa shape index (κ3) is 3.71. The number of carboxylic acid groups (broad SMARTS) is 3. The second-order valence-electron chi connectivity index (χ2n) is 5.93. The van der Waals surface area contributed by atoms with Crippen molar-refractivity contribution in [3.63, 3.8) is 0 Å². The van der Waals surface area contributed by atoms with Crippen molar-refractivity contribution in [1.29, 1.82) is 0 Å². The summed E-state index contributed by atoms with van der Waals surface area (Å²) in [5.74, 6) is -3.05. The van der Waals surface area contributed by atoms with Gasteiger partial charge in [0.1, 0.15) is 0 Å². The molecule has 0 aromatic rings. The van der Waals surface area contributed by atoms with Crippen LogP contribution in [0, 0.1) is 16.7 Å². The van der Waals surface area contributed by atoms with Gasteiger partial charge in [-0.05, 0) is 31.6 Å². The van der Waals surface area contributed by atoms with Crippen LogP contribution in [0.1, 0.15) is 53.4 Å². The van der Waals surface area contributed by atoms with E-state index in [9.17, 15) is 14.4 Å². The maximum atomic E-state index is 11.1. The van der Waals surface area contributed by atoms with Crippen molar-refractivity contribution in [3.8, 4) is 0 Å². The first-order valence-electron chi connectivity index (χ1n) is 6.68. The molecule has 1 aliphatic carbocycles. The summed E-state index contributed by atoms with van der Waals surface area (Å²) in [5.41, 5.74) is -1.61. The Bertz CT molecular complexity index is 387. The zero-order chi connectivity index (χ0) is 16.1. The maximum absolute atomic E-state index is 11.1. The first-order chi connectivity index (χ1) is 9.00. The topological polar surface area (TPSA) is 112 Å². The van der Waals surface area contributed by atoms with Crippen LogP contribution in [-0.2, 0) is 14.4 Å². The summed E-state index contributed by atoms with van der Waals surface area (Å²) in [5, 5.41) is 26.0. The summed E-state index contributed by atoms with van der Waals surface area (Å²) in [6.07, 6.45) is 1.91. The zero-order valence-electron chi connectivity index (χ0n) is 12.5. The number of aliphatic carboxylic acids is 3. The second-order valence-corrected chi connectivity index (χ2v) is 5.93. The smallest absolute Gasteiger partial charge is 0.309 e. The zero-order valence-corrected chi connectivity index (χ0v) is 12.5. The summed E-state index contributed by atoms with van der Waals surface area (Å²) < 4.78 is 0. The van der Waals surface area contributed by atoms with E-state index in [1.54, 1.807) is 20.8 Å². The molecule has 1 saturated carbocycles. The molecule has 0 saturated heterocycles. The molecule has 6 nitrogen and oxygen atoms in total. The van der Waals surface area contributed by atoms with Crippen LogP contribution < -0.4 is 0 Å². The Labute approximate surface area is 118 Å². The minimum atomic E-state index is -0.921. The Morgan fingerprint density at radius 2 is 1.60 bits per heavy atom. The van der Waals surface area contributed by atoms with Gasteiger partial charge in [0, 0.05) is 6.42 Å². The molecule has 1 rings (SSSR count). The molecule has 1 aliphatic rings. The van der Waals surface area contributed by atoms with Crippen LogP contribution in [0.3, 0.4) is 0 Å². The highest BCUT2D eigenvalue weighted by molar-refractivity contribution is 5.80. The van der Waals surface area contributed by atoms with E-state index in [0.717, 1.165) is 6.42 Å². The van der Waals surface area contributed by atoms with Gasteiger partial charge in [0.25, 0.3) is 0 Å². The van der Waals surface area contributed by atoms with E-state index >= 15 is 0 Å². The lowest BCUT2D eigenvalue weighted by Gasteiger charge is -2.36. The van der Waals surface area contributed by atoms with E-state index in [0.29, 0.717) is 19.3 Å². The summed E-state index contributed by atoms with van der Waals surface area (Å²) in [7, 11) is 0. The van der Waals surface area contributed by atoms with Crippen molar-refractivity contribution in [2.24, 2.45) is 16.7 Å². The van der Waals surface area contributed by atoms with Crippen molar-refractivity contribution >= 4 is 17.9 Å². The Morgan fingerprint density at radius 1 is 1.10 bits per heavy atom. The summed E-state index contributed by atoms with van der Waals surface area (Å²) in [6.45, 7) is 6.94. The summed E-state index contributed by atoms with van der Waals surface area (Å²) >= 11 is 0. The van der Waals surface area contributed by atoms with Crippen molar-refractivity contribution in [2.75, 3.05) is 0 Å². The van der Waals surface area contributed by atoms with E-state index < -0.39 is 34.7 Å². The van der Waals surface area contributed by atoms with E-state index in [1.807, 2.05) is 6.92 Å². The fourth-order valence-corrected chi connectivity index (χ4v) is 2.53. The molecule has 20 heavy (non-hydrogen) atoms. The van der Waals surface area contributed by atoms with Crippen LogP contribution in [-0.4, -0.2) is 33.2 Å². The monoisotopic (exact) mass is 288 g/mol. The Morgan fingerprint density at radius 3 is 1.75 bits per heavy atom. The molecule has 1 fully saturated rings. The number of carboxylic acids is 3. The molecule has 0 bridgehead atoms. The Balaban J connectivity index is 0.000000511. The average molecular weight is 288 g/mol. The average Bonchev–Trinajstić information content (AvgIpc) is 2.51. The molecule has 2 unspecified atom stereocenters. The van der Waals surface area contributed by atoms with Gasteiger partial charge in [-0.15, -0.1) is 0 Å². The van der Waals surface area contributed by atoms with Gasteiger partial charge in [0.2, 0.25) is 0 Å². The van der Waals surface area contributed by atoms with Crippen molar-refractivity contribution < 1.29 is 29.7 Å². The van der Waals surface area contributed by atoms with E-state index in [4.69, 9.17) is 15.3 Å². The third-order valence-corrected chi connectivity index (χ3v) is 4.46. The van der Waals surface area contributed by atoms with Crippen LogP contribution in [0.5, 0.6) is 0 Å². The molecule has 0 spiro atoms. The highest BCUT2D eigenvalue weighted by atomic mass is 16.4. The molecule has 0 heterocycles. The third-order valence-electron chi connectivity index (χ3n) is 4.46. The minimum absolute atomic E-state index is 0.292. The normalized spacial score (nSPS) is 27.3. The quantitative estimate of drug-likeness (QED) is 0.732. The van der Waals surface area contributed by atoms with Gasteiger partial charge in [-0.2, -0.15) is 0 Å². The largest absolute Gasteiger partial charge is 0.481 e. The van der Waals surface area contributed by atoms with E-state index in [1.165, 1.54) is 0 Å². The summed E-state index contributed by atoms with van der Waals surface area (Å²) in [4.78, 5) is 31.6. The molecular weight excluding hydrogens is 264 g/mol. The van der Waals surface area contributed by atoms with Gasteiger partial charge < -0.3 is 15.3 Å². The minimum Gasteiger partial charge on any atom is -0.481 e. The van der Waals surface area contributed by atoms with Crippen molar-refractivity contribution in [1.82, 2.24) is 0 Å². The predicted octanol–water partition coefficient (Wildman–Crippen LogP) is 2.47. The SMILES string of the molecule is CC1(C(=O)O)CCC(C(=O)O)C1(C)C.CCCC(=O)O. The molecular formula is C14H24O6. The Hall–Kier alpha value is -1.59. The van der Waals surface area contributed by atoms with Crippen LogP contribution in [0.25, 0.3) is 0 Å². The van der Waals surface area contributed by atoms with Crippen molar-refractivity contribution in [3.05, 3.63) is 0 Å². The second kappa shape index (κ2) is 6.72. The fraction of sp³-hybridized carbons (Fsp3) is 0.786. The lowest BCUT2D eigenvalue weighted by Crippen LogP contribution is -2.42. The molecule has 116 valence electrons. The molecule has 6 heteroatoms. The van der Waals surface area contributed by atoms with Crippen LogP contribution in [0.15, 0.2) is 0 Å². The molecule has 3 N–H and O–H groups in total. The molecule has 0 amide bonds. The highest BCUT2D eigenvalue weighted by Gasteiger charge is 2.58. The first kappa shape index (κ1) is 18.4. The van der Waals surface area contributed by atoms with E-state index in [2.05, 4.69) is 0 Å². The first-order valence-corrected chi connectivity index (χ1v) is 6.68. The predicted molar refractivity (Wildman–Crippen MR) is 72.4 cm³/mol. The van der Waals surface area contributed by atoms with Gasteiger partial charge in [0.15, 0.2) is 0 Å². The van der Waals surface area contributed by atoms with Gasteiger partial charge in [-0.25, -0.2) is 0 Å². The highest BCUT2D eigenvalue weighted by Crippen LogP contribution is 2.56. The van der Waals surface area contributed by atoms with Crippen LogP contribution >= 0.6 is 0 Å². The fourth-order valence-electron chi connectivity index (χ4n) is 2.53.